The first-order valence-electron chi connectivity index (χ1n) is 5.11. The molecule has 0 atom stereocenters. The van der Waals surface area contributed by atoms with E-state index in [9.17, 15) is 8.78 Å². The fourth-order valence-corrected chi connectivity index (χ4v) is 1.47. The molecule has 0 saturated carbocycles. The van der Waals surface area contributed by atoms with Crippen molar-refractivity contribution < 1.29 is 13.9 Å². The van der Waals surface area contributed by atoms with Crippen LogP contribution in [0.4, 0.5) is 14.5 Å². The lowest BCUT2D eigenvalue weighted by Gasteiger charge is -2.07. The Bertz CT molecular complexity index is 491. The smallest absolute Gasteiger partial charge is 0.128 e. The highest BCUT2D eigenvalue weighted by Gasteiger charge is 2.00. The van der Waals surface area contributed by atoms with Crippen molar-refractivity contribution in [1.82, 2.24) is 0 Å². The molecule has 2 N–H and O–H groups in total. The number of nitrogens with one attached hydrogen (secondary N) is 1. The van der Waals surface area contributed by atoms with E-state index in [2.05, 4.69) is 5.32 Å². The number of halogens is 2. The molecular formula is C13H11F2NO. The molecule has 0 spiro atoms. The quantitative estimate of drug-likeness (QED) is 0.855. The summed E-state index contributed by atoms with van der Waals surface area (Å²) >= 11 is 0. The van der Waals surface area contributed by atoms with Crippen LogP contribution in [0.1, 0.15) is 5.56 Å². The van der Waals surface area contributed by atoms with Crippen LogP contribution in [0.5, 0.6) is 5.75 Å². The van der Waals surface area contributed by atoms with E-state index in [0.29, 0.717) is 12.2 Å². The van der Waals surface area contributed by atoms with Gasteiger partial charge in [0.15, 0.2) is 0 Å². The van der Waals surface area contributed by atoms with E-state index in [0.717, 1.165) is 11.6 Å². The molecule has 0 saturated heterocycles. The lowest BCUT2D eigenvalue weighted by molar-refractivity contribution is 0.475. The van der Waals surface area contributed by atoms with Gasteiger partial charge in [0.05, 0.1) is 0 Å². The van der Waals surface area contributed by atoms with Crippen LogP contribution < -0.4 is 5.32 Å². The maximum Gasteiger partial charge on any atom is 0.128 e. The molecule has 0 radical (unpaired) electrons. The third kappa shape index (κ3) is 3.17. The number of phenolic OH excluding ortho intramolecular Hbond substituents is 1. The lowest BCUT2D eigenvalue weighted by Crippen LogP contribution is -2.00. The predicted molar refractivity (Wildman–Crippen MR) is 61.8 cm³/mol. The zero-order valence-corrected chi connectivity index (χ0v) is 8.95. The predicted octanol–water partition coefficient (Wildman–Crippen LogP) is 3.28. The minimum absolute atomic E-state index is 0.186. The number of aromatic hydroxyl groups is 1. The topological polar surface area (TPSA) is 32.3 Å². The maximum absolute atomic E-state index is 12.9. The summed E-state index contributed by atoms with van der Waals surface area (Å²) in [5.74, 6) is -1.04. The molecule has 17 heavy (non-hydrogen) atoms. The summed E-state index contributed by atoms with van der Waals surface area (Å²) < 4.78 is 25.8. The second-order valence-corrected chi connectivity index (χ2v) is 3.68. The molecule has 0 amide bonds. The molecule has 0 aliphatic rings. The van der Waals surface area contributed by atoms with Crippen molar-refractivity contribution in [3.63, 3.8) is 0 Å². The average molecular weight is 235 g/mol. The number of benzene rings is 2. The molecule has 0 fully saturated rings. The first-order valence-corrected chi connectivity index (χ1v) is 5.11. The van der Waals surface area contributed by atoms with Crippen molar-refractivity contribution in [2.45, 2.75) is 6.54 Å². The summed E-state index contributed by atoms with van der Waals surface area (Å²) in [6.07, 6.45) is 0. The van der Waals surface area contributed by atoms with Gasteiger partial charge in [-0.05, 0) is 29.8 Å². The Hall–Kier alpha value is -2.10. The summed E-state index contributed by atoms with van der Waals surface area (Å²) in [7, 11) is 0. The van der Waals surface area contributed by atoms with Crippen molar-refractivity contribution in [3.8, 4) is 5.75 Å². The molecule has 88 valence electrons. The fourth-order valence-electron chi connectivity index (χ4n) is 1.47. The lowest BCUT2D eigenvalue weighted by atomic mass is 10.2. The Balaban J connectivity index is 2.04. The van der Waals surface area contributed by atoms with Gasteiger partial charge < -0.3 is 10.4 Å². The zero-order valence-electron chi connectivity index (χ0n) is 8.95. The van der Waals surface area contributed by atoms with Gasteiger partial charge in [0.25, 0.3) is 0 Å². The van der Waals surface area contributed by atoms with E-state index < -0.39 is 11.6 Å². The number of hydrogen-bond acceptors (Lipinski definition) is 2. The Morgan fingerprint density at radius 3 is 2.12 bits per heavy atom. The van der Waals surface area contributed by atoms with E-state index in [-0.39, 0.29) is 5.75 Å². The minimum atomic E-state index is -0.613. The third-order valence-corrected chi connectivity index (χ3v) is 2.30. The third-order valence-electron chi connectivity index (χ3n) is 2.30. The Morgan fingerprint density at radius 1 is 0.941 bits per heavy atom. The molecule has 0 bridgehead atoms. The van der Waals surface area contributed by atoms with Crippen molar-refractivity contribution in [3.05, 3.63) is 59.7 Å². The van der Waals surface area contributed by atoms with Crippen molar-refractivity contribution in [2.75, 3.05) is 5.32 Å². The fraction of sp³-hybridized carbons (Fsp3) is 0.0769. The molecule has 2 aromatic carbocycles. The first kappa shape index (κ1) is 11.4. The van der Waals surface area contributed by atoms with Gasteiger partial charge in [0, 0.05) is 18.3 Å². The Morgan fingerprint density at radius 2 is 1.53 bits per heavy atom. The van der Waals surface area contributed by atoms with Gasteiger partial charge >= 0.3 is 0 Å². The number of hydrogen-bond donors (Lipinski definition) is 2. The van der Waals surface area contributed by atoms with Crippen LogP contribution in [0.3, 0.4) is 0 Å². The van der Waals surface area contributed by atoms with E-state index in [1.165, 1.54) is 12.1 Å². The van der Waals surface area contributed by atoms with Gasteiger partial charge in [-0.1, -0.05) is 12.1 Å². The molecule has 0 aromatic heterocycles. The highest BCUT2D eigenvalue weighted by atomic mass is 19.1. The molecule has 0 aliphatic heterocycles. The number of phenols is 1. The normalized spacial score (nSPS) is 10.2. The zero-order chi connectivity index (χ0) is 12.3. The highest BCUT2D eigenvalue weighted by molar-refractivity contribution is 5.44. The largest absolute Gasteiger partial charge is 0.508 e. The monoisotopic (exact) mass is 235 g/mol. The van der Waals surface area contributed by atoms with E-state index >= 15 is 0 Å². The van der Waals surface area contributed by atoms with E-state index in [4.69, 9.17) is 5.11 Å². The van der Waals surface area contributed by atoms with E-state index in [1.807, 2.05) is 0 Å². The van der Waals surface area contributed by atoms with Crippen molar-refractivity contribution >= 4 is 5.69 Å². The second-order valence-electron chi connectivity index (χ2n) is 3.68. The van der Waals surface area contributed by atoms with Gasteiger partial charge in [0.1, 0.15) is 17.4 Å². The number of rotatable bonds is 3. The van der Waals surface area contributed by atoms with Crippen LogP contribution in [-0.4, -0.2) is 5.11 Å². The van der Waals surface area contributed by atoms with Gasteiger partial charge in [-0.3, -0.25) is 0 Å². The highest BCUT2D eigenvalue weighted by Crippen LogP contribution is 2.15. The van der Waals surface area contributed by atoms with Gasteiger partial charge in [-0.25, -0.2) is 8.78 Å². The molecular weight excluding hydrogens is 224 g/mol. The molecule has 0 heterocycles. The minimum Gasteiger partial charge on any atom is -0.508 e. The van der Waals surface area contributed by atoms with Crippen LogP contribution >= 0.6 is 0 Å². The van der Waals surface area contributed by atoms with Crippen molar-refractivity contribution in [2.24, 2.45) is 0 Å². The standard InChI is InChI=1S/C13H11F2NO/c14-10-5-11(15)7-12(6-10)16-8-9-1-3-13(17)4-2-9/h1-7,16-17H,8H2. The second kappa shape index (κ2) is 4.82. The molecule has 2 rings (SSSR count). The van der Waals surface area contributed by atoms with Crippen LogP contribution in [0.25, 0.3) is 0 Å². The summed E-state index contributed by atoms with van der Waals surface area (Å²) in [5, 5.41) is 12.0. The average Bonchev–Trinajstić information content (AvgIpc) is 2.27. The Kier molecular flexibility index (Phi) is 3.23. The summed E-state index contributed by atoms with van der Waals surface area (Å²) in [5.41, 5.74) is 1.29. The Labute approximate surface area is 97.5 Å². The summed E-state index contributed by atoms with van der Waals surface area (Å²) in [4.78, 5) is 0. The molecule has 2 aromatic rings. The SMILES string of the molecule is Oc1ccc(CNc2cc(F)cc(F)c2)cc1. The maximum atomic E-state index is 12.9. The van der Waals surface area contributed by atoms with Crippen LogP contribution in [-0.2, 0) is 6.54 Å². The molecule has 0 unspecified atom stereocenters. The first-order chi connectivity index (χ1) is 8.13. The van der Waals surface area contributed by atoms with Gasteiger partial charge in [-0.2, -0.15) is 0 Å². The molecule has 0 aliphatic carbocycles. The number of anilines is 1. The van der Waals surface area contributed by atoms with Crippen molar-refractivity contribution in [1.29, 1.82) is 0 Å². The van der Waals surface area contributed by atoms with Crippen LogP contribution in [0.2, 0.25) is 0 Å². The van der Waals surface area contributed by atoms with Crippen LogP contribution in [0, 0.1) is 11.6 Å². The summed E-state index contributed by atoms with van der Waals surface area (Å²) in [6.45, 7) is 0.434. The van der Waals surface area contributed by atoms with Crippen LogP contribution in [0.15, 0.2) is 42.5 Å². The van der Waals surface area contributed by atoms with Gasteiger partial charge in [0.2, 0.25) is 0 Å². The van der Waals surface area contributed by atoms with E-state index in [1.54, 1.807) is 24.3 Å². The molecule has 4 heteroatoms. The molecule has 2 nitrogen and oxygen atoms in total. The van der Waals surface area contributed by atoms with Gasteiger partial charge in [-0.15, -0.1) is 0 Å². The summed E-state index contributed by atoms with van der Waals surface area (Å²) in [6, 6.07) is 9.86.